The summed E-state index contributed by atoms with van der Waals surface area (Å²) in [6, 6.07) is 6.16. The van der Waals surface area contributed by atoms with Gasteiger partial charge in [0.15, 0.2) is 0 Å². The molecule has 0 aliphatic carbocycles. The molecule has 1 rings (SSSR count). The highest BCUT2D eigenvalue weighted by Crippen LogP contribution is 2.24. The number of nitrogen functional groups attached to an aromatic ring is 1. The average Bonchev–Trinajstić information content (AvgIpc) is 2.28. The van der Waals surface area contributed by atoms with Gasteiger partial charge in [-0.05, 0) is 58.6 Å². The molecule has 17 heavy (non-hydrogen) atoms. The molecule has 0 saturated carbocycles. The van der Waals surface area contributed by atoms with Crippen LogP contribution >= 0.6 is 0 Å². The minimum Gasteiger partial charge on any atom is -0.398 e. The van der Waals surface area contributed by atoms with E-state index in [2.05, 4.69) is 43.8 Å². The first-order valence-corrected chi connectivity index (χ1v) is 6.31. The smallest absolute Gasteiger partial charge is 0.0416 e. The van der Waals surface area contributed by atoms with Crippen LogP contribution in [0.4, 0.5) is 11.4 Å². The van der Waals surface area contributed by atoms with Crippen molar-refractivity contribution in [2.24, 2.45) is 0 Å². The minimum atomic E-state index is 0.883. The van der Waals surface area contributed by atoms with Crippen molar-refractivity contribution in [3.63, 3.8) is 0 Å². The van der Waals surface area contributed by atoms with Gasteiger partial charge >= 0.3 is 0 Å². The second-order valence-electron chi connectivity index (χ2n) is 4.73. The number of benzene rings is 1. The lowest BCUT2D eigenvalue weighted by molar-refractivity contribution is 0.400. The molecule has 2 N–H and O–H groups in total. The monoisotopic (exact) mass is 235 g/mol. The van der Waals surface area contributed by atoms with Gasteiger partial charge < -0.3 is 15.5 Å². The van der Waals surface area contributed by atoms with Crippen LogP contribution in [0.25, 0.3) is 0 Å². The second kappa shape index (κ2) is 6.50. The van der Waals surface area contributed by atoms with Gasteiger partial charge in [0, 0.05) is 24.5 Å². The van der Waals surface area contributed by atoms with Crippen molar-refractivity contribution in [1.29, 1.82) is 0 Å². The summed E-state index contributed by atoms with van der Waals surface area (Å²) in [6.07, 6.45) is 1.18. The summed E-state index contributed by atoms with van der Waals surface area (Å²) in [5.74, 6) is 0. The van der Waals surface area contributed by atoms with Crippen LogP contribution in [-0.2, 0) is 0 Å². The Kier molecular flexibility index (Phi) is 5.29. The fourth-order valence-electron chi connectivity index (χ4n) is 2.01. The Morgan fingerprint density at radius 2 is 1.88 bits per heavy atom. The van der Waals surface area contributed by atoms with Crippen LogP contribution in [0.3, 0.4) is 0 Å². The molecule has 0 heterocycles. The Hall–Kier alpha value is -1.22. The zero-order valence-electron chi connectivity index (χ0n) is 11.5. The average molecular weight is 235 g/mol. The summed E-state index contributed by atoms with van der Waals surface area (Å²) >= 11 is 0. The van der Waals surface area contributed by atoms with E-state index in [1.54, 1.807) is 0 Å². The Bertz CT molecular complexity index is 347. The van der Waals surface area contributed by atoms with E-state index < -0.39 is 0 Å². The van der Waals surface area contributed by atoms with E-state index in [0.29, 0.717) is 0 Å². The Labute approximate surface area is 105 Å². The van der Waals surface area contributed by atoms with Crippen molar-refractivity contribution >= 4 is 11.4 Å². The number of hydrogen-bond acceptors (Lipinski definition) is 3. The van der Waals surface area contributed by atoms with E-state index in [-0.39, 0.29) is 0 Å². The molecular formula is C14H25N3. The van der Waals surface area contributed by atoms with E-state index in [1.165, 1.54) is 17.7 Å². The van der Waals surface area contributed by atoms with Crippen LogP contribution in [0, 0.1) is 6.92 Å². The van der Waals surface area contributed by atoms with E-state index in [4.69, 9.17) is 5.73 Å². The van der Waals surface area contributed by atoms with Gasteiger partial charge in [-0.25, -0.2) is 0 Å². The molecule has 0 aromatic heterocycles. The van der Waals surface area contributed by atoms with Crippen molar-refractivity contribution < 1.29 is 0 Å². The highest BCUT2D eigenvalue weighted by molar-refractivity contribution is 5.64. The lowest BCUT2D eigenvalue weighted by Crippen LogP contribution is -2.27. The maximum absolute atomic E-state index is 5.96. The molecule has 1 aromatic rings. The van der Waals surface area contributed by atoms with E-state index in [9.17, 15) is 0 Å². The van der Waals surface area contributed by atoms with Gasteiger partial charge in [-0.15, -0.1) is 0 Å². The maximum Gasteiger partial charge on any atom is 0.0416 e. The molecule has 0 aliphatic rings. The Morgan fingerprint density at radius 1 is 1.18 bits per heavy atom. The fourth-order valence-corrected chi connectivity index (χ4v) is 2.01. The predicted octanol–water partition coefficient (Wildman–Crippen LogP) is 2.36. The normalized spacial score (nSPS) is 10.9. The summed E-state index contributed by atoms with van der Waals surface area (Å²) < 4.78 is 0. The third kappa shape index (κ3) is 3.93. The quantitative estimate of drug-likeness (QED) is 0.768. The molecule has 3 nitrogen and oxygen atoms in total. The van der Waals surface area contributed by atoms with E-state index in [1.807, 2.05) is 12.1 Å². The van der Waals surface area contributed by atoms with Crippen LogP contribution < -0.4 is 10.6 Å². The molecule has 0 unspecified atom stereocenters. The molecule has 0 radical (unpaired) electrons. The van der Waals surface area contributed by atoms with Crippen molar-refractivity contribution in [1.82, 2.24) is 4.90 Å². The number of nitrogens with zero attached hydrogens (tertiary/aromatic N) is 2. The second-order valence-corrected chi connectivity index (χ2v) is 4.73. The fraction of sp³-hybridized carbons (Fsp3) is 0.571. The first-order chi connectivity index (χ1) is 8.06. The van der Waals surface area contributed by atoms with Crippen LogP contribution in [0.5, 0.6) is 0 Å². The molecule has 0 saturated heterocycles. The summed E-state index contributed by atoms with van der Waals surface area (Å²) in [5, 5.41) is 0. The van der Waals surface area contributed by atoms with Crippen LogP contribution in [0.1, 0.15) is 18.9 Å². The van der Waals surface area contributed by atoms with E-state index >= 15 is 0 Å². The molecule has 0 amide bonds. The van der Waals surface area contributed by atoms with Gasteiger partial charge in [-0.2, -0.15) is 0 Å². The number of anilines is 2. The van der Waals surface area contributed by atoms with Gasteiger partial charge in [0.05, 0.1) is 0 Å². The van der Waals surface area contributed by atoms with Crippen molar-refractivity contribution in [2.45, 2.75) is 20.3 Å². The van der Waals surface area contributed by atoms with Crippen LogP contribution in [0.15, 0.2) is 18.2 Å². The Morgan fingerprint density at radius 3 is 2.47 bits per heavy atom. The van der Waals surface area contributed by atoms with Gasteiger partial charge in [0.25, 0.3) is 0 Å². The van der Waals surface area contributed by atoms with Crippen molar-refractivity contribution in [2.75, 3.05) is 44.4 Å². The summed E-state index contributed by atoms with van der Waals surface area (Å²) in [7, 11) is 4.23. The van der Waals surface area contributed by atoms with Crippen LogP contribution in [0.2, 0.25) is 0 Å². The number of hydrogen-bond donors (Lipinski definition) is 1. The molecule has 0 atom stereocenters. The number of rotatable bonds is 6. The zero-order chi connectivity index (χ0) is 12.8. The molecule has 3 heteroatoms. The maximum atomic E-state index is 5.96. The molecular weight excluding hydrogens is 210 g/mol. The highest BCUT2D eigenvalue weighted by Gasteiger charge is 2.08. The molecule has 0 spiro atoms. The van der Waals surface area contributed by atoms with Gasteiger partial charge in [0.2, 0.25) is 0 Å². The first-order valence-electron chi connectivity index (χ1n) is 6.31. The highest BCUT2D eigenvalue weighted by atomic mass is 15.1. The Balaban J connectivity index is 2.69. The molecule has 0 aliphatic heterocycles. The largest absolute Gasteiger partial charge is 0.398 e. The van der Waals surface area contributed by atoms with Crippen LogP contribution in [-0.4, -0.2) is 38.6 Å². The molecule has 0 bridgehead atoms. The van der Waals surface area contributed by atoms with Gasteiger partial charge in [0.1, 0.15) is 0 Å². The van der Waals surface area contributed by atoms with Crippen molar-refractivity contribution in [3.05, 3.63) is 23.8 Å². The SMILES string of the molecule is CCN(CCCN(C)C)c1cccc(N)c1C. The standard InChI is InChI=1S/C14H25N3/c1-5-17(11-7-10-16(3)4)14-9-6-8-13(15)12(14)2/h6,8-9H,5,7,10-11,15H2,1-4H3. The zero-order valence-corrected chi connectivity index (χ0v) is 11.5. The molecule has 0 fully saturated rings. The third-order valence-electron chi connectivity index (χ3n) is 3.10. The molecule has 96 valence electrons. The molecule has 1 aromatic carbocycles. The topological polar surface area (TPSA) is 32.5 Å². The van der Waals surface area contributed by atoms with E-state index in [0.717, 1.165) is 25.3 Å². The van der Waals surface area contributed by atoms with Gasteiger partial charge in [-0.1, -0.05) is 6.07 Å². The number of nitrogens with two attached hydrogens (primary N) is 1. The lowest BCUT2D eigenvalue weighted by Gasteiger charge is -2.26. The van der Waals surface area contributed by atoms with Crippen molar-refractivity contribution in [3.8, 4) is 0 Å². The predicted molar refractivity (Wildman–Crippen MR) is 76.6 cm³/mol. The summed E-state index contributed by atoms with van der Waals surface area (Å²) in [5.41, 5.74) is 9.30. The summed E-state index contributed by atoms with van der Waals surface area (Å²) in [4.78, 5) is 4.62. The third-order valence-corrected chi connectivity index (χ3v) is 3.10. The minimum absolute atomic E-state index is 0.883. The van der Waals surface area contributed by atoms with Gasteiger partial charge in [-0.3, -0.25) is 0 Å². The first kappa shape index (κ1) is 13.8. The lowest BCUT2D eigenvalue weighted by atomic mass is 10.1. The summed E-state index contributed by atoms with van der Waals surface area (Å²) in [6.45, 7) is 7.52.